The number of hydrogen-bond acceptors (Lipinski definition) is 5. The highest BCUT2D eigenvalue weighted by Crippen LogP contribution is 2.33. The summed E-state index contributed by atoms with van der Waals surface area (Å²) in [5.74, 6) is 3.39. The van der Waals surface area contributed by atoms with Crippen LogP contribution in [0.5, 0.6) is 11.5 Å². The molecule has 7 nitrogen and oxygen atoms in total. The number of nitrogens with zero attached hydrogens (tertiary/aromatic N) is 4. The molecule has 2 aliphatic heterocycles. The minimum Gasteiger partial charge on any atom is -0.493 e. The van der Waals surface area contributed by atoms with E-state index in [1.54, 1.807) is 14.2 Å². The third kappa shape index (κ3) is 4.37. The Kier molecular flexibility index (Phi) is 6.46. The number of piperidine rings is 2. The van der Waals surface area contributed by atoms with Crippen molar-refractivity contribution in [2.24, 2.45) is 13.0 Å². The van der Waals surface area contributed by atoms with Gasteiger partial charge in [-0.1, -0.05) is 18.2 Å². The summed E-state index contributed by atoms with van der Waals surface area (Å²) in [7, 11) is 5.40. The van der Waals surface area contributed by atoms with Gasteiger partial charge in [0.05, 0.1) is 31.8 Å². The van der Waals surface area contributed by atoms with E-state index in [1.165, 1.54) is 5.52 Å². The molecule has 2 fully saturated rings. The van der Waals surface area contributed by atoms with Gasteiger partial charge in [0.15, 0.2) is 11.5 Å². The Balaban J connectivity index is 1.23. The van der Waals surface area contributed by atoms with Crippen LogP contribution >= 0.6 is 0 Å². The van der Waals surface area contributed by atoms with Crippen LogP contribution in [-0.4, -0.2) is 65.2 Å². The van der Waals surface area contributed by atoms with Crippen molar-refractivity contribution >= 4 is 16.9 Å². The zero-order chi connectivity index (χ0) is 23.7. The van der Waals surface area contributed by atoms with Crippen molar-refractivity contribution < 1.29 is 14.3 Å². The van der Waals surface area contributed by atoms with Gasteiger partial charge >= 0.3 is 0 Å². The first-order valence-electron chi connectivity index (χ1n) is 12.2. The predicted octanol–water partition coefficient (Wildman–Crippen LogP) is 3.65. The van der Waals surface area contributed by atoms with Gasteiger partial charge in [0, 0.05) is 39.1 Å². The second kappa shape index (κ2) is 9.66. The Morgan fingerprint density at radius 3 is 2.68 bits per heavy atom. The SMILES string of the molecule is COc1ccc(CCN2C(=O)CC[C@@H]3CN(Cc4nc5ccccc5n4C)CC[C@@H]32)cc1OC. The molecule has 2 aliphatic rings. The Labute approximate surface area is 201 Å². The monoisotopic (exact) mass is 462 g/mol. The number of fused-ring (bicyclic) bond motifs is 2. The number of benzene rings is 2. The van der Waals surface area contributed by atoms with Gasteiger partial charge in [-0.15, -0.1) is 0 Å². The second-order valence-electron chi connectivity index (χ2n) is 9.49. The highest BCUT2D eigenvalue weighted by molar-refractivity contribution is 5.77. The van der Waals surface area contributed by atoms with E-state index in [0.29, 0.717) is 24.3 Å². The molecular formula is C27H34N4O3. The maximum absolute atomic E-state index is 12.9. The maximum atomic E-state index is 12.9. The number of amides is 1. The van der Waals surface area contributed by atoms with Crippen LogP contribution in [0.1, 0.15) is 30.7 Å². The van der Waals surface area contributed by atoms with Crippen molar-refractivity contribution in [3.8, 4) is 11.5 Å². The molecule has 0 bridgehead atoms. The van der Waals surface area contributed by atoms with E-state index in [-0.39, 0.29) is 0 Å². The van der Waals surface area contributed by atoms with Crippen LogP contribution in [0.3, 0.4) is 0 Å². The van der Waals surface area contributed by atoms with Gasteiger partial charge in [-0.3, -0.25) is 9.69 Å². The highest BCUT2D eigenvalue weighted by atomic mass is 16.5. The first kappa shape index (κ1) is 22.7. The van der Waals surface area contributed by atoms with Gasteiger partial charge in [0.2, 0.25) is 5.91 Å². The number of aryl methyl sites for hydroxylation is 1. The maximum Gasteiger partial charge on any atom is 0.222 e. The fourth-order valence-electron chi connectivity index (χ4n) is 5.68. The van der Waals surface area contributed by atoms with Gasteiger partial charge in [-0.2, -0.15) is 0 Å². The fourth-order valence-corrected chi connectivity index (χ4v) is 5.68. The molecule has 0 N–H and O–H groups in total. The van der Waals surface area contributed by atoms with E-state index in [4.69, 9.17) is 14.5 Å². The molecule has 0 unspecified atom stereocenters. The van der Waals surface area contributed by atoms with Crippen molar-refractivity contribution in [3.63, 3.8) is 0 Å². The molecule has 0 saturated carbocycles. The summed E-state index contributed by atoms with van der Waals surface area (Å²) in [4.78, 5) is 22.4. The molecule has 180 valence electrons. The van der Waals surface area contributed by atoms with Crippen molar-refractivity contribution in [1.29, 1.82) is 0 Å². The zero-order valence-electron chi connectivity index (χ0n) is 20.4. The molecule has 2 saturated heterocycles. The summed E-state index contributed by atoms with van der Waals surface area (Å²) in [5.41, 5.74) is 3.39. The molecule has 3 heterocycles. The smallest absolute Gasteiger partial charge is 0.222 e. The molecule has 1 amide bonds. The van der Waals surface area contributed by atoms with E-state index in [0.717, 1.165) is 73.8 Å². The molecule has 3 aromatic rings. The number of methoxy groups -OCH3 is 2. The quantitative estimate of drug-likeness (QED) is 0.537. The lowest BCUT2D eigenvalue weighted by atomic mass is 9.83. The van der Waals surface area contributed by atoms with E-state index < -0.39 is 0 Å². The van der Waals surface area contributed by atoms with E-state index in [9.17, 15) is 4.79 Å². The standard InChI is InChI=1S/C27H34N4O3/c1-29-23-7-5-4-6-21(23)28-26(29)18-30-14-13-22-20(17-30)9-11-27(32)31(22)15-12-19-8-10-24(33-2)25(16-19)34-3/h4-8,10,16,20,22H,9,11-15,17-18H2,1-3H3/t20-,22+/m1/s1. The first-order chi connectivity index (χ1) is 16.6. The van der Waals surface area contributed by atoms with E-state index in [2.05, 4.69) is 45.7 Å². The van der Waals surface area contributed by atoms with Gasteiger partial charge < -0.3 is 18.9 Å². The van der Waals surface area contributed by atoms with Crippen molar-refractivity contribution in [2.75, 3.05) is 33.9 Å². The highest BCUT2D eigenvalue weighted by Gasteiger charge is 2.39. The number of imidazole rings is 1. The van der Waals surface area contributed by atoms with Gasteiger partial charge in [-0.05, 0) is 55.0 Å². The normalized spacial score (nSPS) is 21.0. The lowest BCUT2D eigenvalue weighted by Crippen LogP contribution is -2.56. The Hall–Kier alpha value is -3.06. The van der Waals surface area contributed by atoms with Crippen LogP contribution in [0.4, 0.5) is 0 Å². The largest absolute Gasteiger partial charge is 0.493 e. The Morgan fingerprint density at radius 2 is 1.88 bits per heavy atom. The van der Waals surface area contributed by atoms with Crippen LogP contribution in [0.25, 0.3) is 11.0 Å². The Bertz CT molecular complexity index is 1170. The summed E-state index contributed by atoms with van der Waals surface area (Å²) in [6, 6.07) is 14.7. The summed E-state index contributed by atoms with van der Waals surface area (Å²) in [6.07, 6.45) is 3.47. The number of carbonyl (C=O) groups is 1. The first-order valence-corrected chi connectivity index (χ1v) is 12.2. The molecule has 7 heteroatoms. The second-order valence-corrected chi connectivity index (χ2v) is 9.49. The van der Waals surface area contributed by atoms with E-state index in [1.807, 2.05) is 18.2 Å². The summed E-state index contributed by atoms with van der Waals surface area (Å²) >= 11 is 0. The average Bonchev–Trinajstić information content (AvgIpc) is 3.18. The number of ether oxygens (including phenoxy) is 2. The number of carbonyl (C=O) groups excluding carboxylic acids is 1. The summed E-state index contributed by atoms with van der Waals surface area (Å²) < 4.78 is 13.0. The van der Waals surface area contributed by atoms with E-state index >= 15 is 0 Å². The van der Waals surface area contributed by atoms with Crippen LogP contribution in [0.15, 0.2) is 42.5 Å². The number of rotatable bonds is 7. The minimum absolute atomic E-state index is 0.297. The van der Waals surface area contributed by atoms with Crippen LogP contribution < -0.4 is 9.47 Å². The van der Waals surface area contributed by atoms with Crippen LogP contribution in [0, 0.1) is 5.92 Å². The number of para-hydroxylation sites is 2. The third-order valence-electron chi connectivity index (χ3n) is 7.56. The molecule has 2 atom stereocenters. The third-order valence-corrected chi connectivity index (χ3v) is 7.56. The fraction of sp³-hybridized carbons (Fsp3) is 0.481. The lowest BCUT2D eigenvalue weighted by Gasteiger charge is -2.47. The zero-order valence-corrected chi connectivity index (χ0v) is 20.4. The van der Waals surface area contributed by atoms with Gasteiger partial charge in [0.1, 0.15) is 5.82 Å². The summed E-state index contributed by atoms with van der Waals surface area (Å²) in [6.45, 7) is 3.62. The minimum atomic E-state index is 0.297. The van der Waals surface area contributed by atoms with Gasteiger partial charge in [-0.25, -0.2) is 4.98 Å². The molecule has 34 heavy (non-hydrogen) atoms. The number of likely N-dealkylation sites (tertiary alicyclic amines) is 2. The van der Waals surface area contributed by atoms with Crippen LogP contribution in [0.2, 0.25) is 0 Å². The molecule has 1 aromatic heterocycles. The van der Waals surface area contributed by atoms with Crippen molar-refractivity contribution in [1.82, 2.24) is 19.4 Å². The number of hydrogen-bond donors (Lipinski definition) is 0. The Morgan fingerprint density at radius 1 is 1.06 bits per heavy atom. The predicted molar refractivity (Wildman–Crippen MR) is 132 cm³/mol. The molecule has 0 aliphatic carbocycles. The van der Waals surface area contributed by atoms with Crippen molar-refractivity contribution in [2.45, 2.75) is 38.3 Å². The number of aromatic nitrogens is 2. The summed E-state index contributed by atoms with van der Waals surface area (Å²) in [5, 5.41) is 0. The molecular weight excluding hydrogens is 428 g/mol. The van der Waals surface area contributed by atoms with Gasteiger partial charge in [0.25, 0.3) is 0 Å². The molecule has 2 aromatic carbocycles. The molecule has 5 rings (SSSR count). The lowest BCUT2D eigenvalue weighted by molar-refractivity contribution is -0.141. The average molecular weight is 463 g/mol. The van der Waals surface area contributed by atoms with Crippen LogP contribution in [-0.2, 0) is 24.8 Å². The topological polar surface area (TPSA) is 59.8 Å². The molecule has 0 spiro atoms. The van der Waals surface area contributed by atoms with Crippen molar-refractivity contribution in [3.05, 3.63) is 53.9 Å². The molecule has 0 radical (unpaired) electrons.